The highest BCUT2D eigenvalue weighted by molar-refractivity contribution is 5.98. The molecule has 8 nitrogen and oxygen atoms in total. The van der Waals surface area contributed by atoms with Crippen LogP contribution in [0.2, 0.25) is 0 Å². The third kappa shape index (κ3) is 5.31. The van der Waals surface area contributed by atoms with Gasteiger partial charge in [0, 0.05) is 30.6 Å². The van der Waals surface area contributed by atoms with E-state index in [4.69, 9.17) is 5.84 Å². The van der Waals surface area contributed by atoms with Crippen LogP contribution in [0, 0.1) is 11.8 Å². The Morgan fingerprint density at radius 1 is 1.39 bits per heavy atom. The quantitative estimate of drug-likeness (QED) is 0.355. The molecule has 1 saturated heterocycles. The van der Waals surface area contributed by atoms with Crippen LogP contribution in [0.5, 0.6) is 0 Å². The number of piperidine rings is 1. The van der Waals surface area contributed by atoms with Gasteiger partial charge >= 0.3 is 5.97 Å². The summed E-state index contributed by atoms with van der Waals surface area (Å²) in [7, 11) is 0. The van der Waals surface area contributed by atoms with Crippen molar-refractivity contribution in [2.75, 3.05) is 11.4 Å². The zero-order valence-electron chi connectivity index (χ0n) is 16.3. The van der Waals surface area contributed by atoms with Crippen molar-refractivity contribution in [1.82, 2.24) is 5.32 Å². The first-order valence-electron chi connectivity index (χ1n) is 9.54. The number of nitrogens with two attached hydrogens (primary N) is 1. The van der Waals surface area contributed by atoms with Crippen LogP contribution < -0.4 is 16.1 Å². The fourth-order valence-corrected chi connectivity index (χ4v) is 3.60. The van der Waals surface area contributed by atoms with Crippen LogP contribution in [0.1, 0.15) is 45.1 Å². The normalized spacial score (nSPS) is 19.4. The molecule has 152 valence electrons. The van der Waals surface area contributed by atoms with Crippen molar-refractivity contribution in [3.8, 4) is 0 Å². The molecule has 0 bridgehead atoms. The number of benzene rings is 1. The first-order chi connectivity index (χ1) is 13.4. The van der Waals surface area contributed by atoms with E-state index in [0.29, 0.717) is 19.4 Å². The number of amides is 2. The fraction of sp³-hybridized carbons (Fsp3) is 0.500. The molecule has 4 N–H and O–H groups in total. The molecular weight excluding hydrogens is 360 g/mol. The number of aliphatic carboxylic acids is 1. The smallest absolute Gasteiger partial charge is 0.308 e. The van der Waals surface area contributed by atoms with Gasteiger partial charge in [0.05, 0.1) is 12.1 Å². The molecule has 2 rings (SSSR count). The van der Waals surface area contributed by atoms with E-state index >= 15 is 0 Å². The van der Waals surface area contributed by atoms with E-state index < -0.39 is 23.8 Å². The van der Waals surface area contributed by atoms with Gasteiger partial charge in [-0.2, -0.15) is 5.10 Å². The number of hydrazone groups is 1. The number of carbonyl (C=O) groups is 3. The molecule has 28 heavy (non-hydrogen) atoms. The van der Waals surface area contributed by atoms with E-state index in [9.17, 15) is 19.5 Å². The van der Waals surface area contributed by atoms with Crippen LogP contribution in [0.3, 0.4) is 0 Å². The number of nitrogens with one attached hydrogen (secondary N) is 1. The Labute approximate surface area is 164 Å². The van der Waals surface area contributed by atoms with E-state index in [0.717, 1.165) is 17.7 Å². The maximum absolute atomic E-state index is 12.9. The van der Waals surface area contributed by atoms with Gasteiger partial charge in [0.2, 0.25) is 11.8 Å². The fourth-order valence-electron chi connectivity index (χ4n) is 3.60. The number of carboxylic acid groups (broad SMARTS) is 1. The summed E-state index contributed by atoms with van der Waals surface area (Å²) in [5.41, 5.74) is 1.61. The summed E-state index contributed by atoms with van der Waals surface area (Å²) in [4.78, 5) is 38.2. The summed E-state index contributed by atoms with van der Waals surface area (Å²) in [5, 5.41) is 15.4. The number of carboxylic acids is 1. The Kier molecular flexibility index (Phi) is 7.54. The highest BCUT2D eigenvalue weighted by Gasteiger charge is 2.32. The second-order valence-electron chi connectivity index (χ2n) is 7.11. The Balaban J connectivity index is 1.99. The van der Waals surface area contributed by atoms with Crippen LogP contribution in [0.15, 0.2) is 29.4 Å². The monoisotopic (exact) mass is 388 g/mol. The number of carbonyl (C=O) groups excluding carboxylic acids is 2. The zero-order chi connectivity index (χ0) is 20.7. The molecule has 1 aliphatic rings. The first-order valence-corrected chi connectivity index (χ1v) is 9.54. The molecule has 0 aliphatic carbocycles. The van der Waals surface area contributed by atoms with Crippen LogP contribution in [0.25, 0.3) is 0 Å². The maximum atomic E-state index is 12.9. The van der Waals surface area contributed by atoms with E-state index in [1.807, 2.05) is 24.3 Å². The largest absolute Gasteiger partial charge is 0.481 e. The van der Waals surface area contributed by atoms with E-state index in [2.05, 4.69) is 10.4 Å². The average Bonchev–Trinajstić information content (AvgIpc) is 2.64. The molecule has 1 aliphatic heterocycles. The Morgan fingerprint density at radius 3 is 2.64 bits per heavy atom. The summed E-state index contributed by atoms with van der Waals surface area (Å²) in [6.07, 6.45) is 3.46. The van der Waals surface area contributed by atoms with Gasteiger partial charge in [-0.15, -0.1) is 0 Å². The number of rotatable bonds is 8. The van der Waals surface area contributed by atoms with Crippen molar-refractivity contribution in [2.24, 2.45) is 22.8 Å². The molecule has 1 aromatic rings. The third-order valence-corrected chi connectivity index (χ3v) is 5.16. The lowest BCUT2D eigenvalue weighted by Crippen LogP contribution is -2.45. The SMILES string of the molecule is CCC(C(=O)O)[C@H](C)NC(=O)CC1CCCN(c2ccc(C=NN)cc2)C1=O. The highest BCUT2D eigenvalue weighted by atomic mass is 16.4. The maximum Gasteiger partial charge on any atom is 0.308 e. The van der Waals surface area contributed by atoms with Gasteiger partial charge in [-0.25, -0.2) is 0 Å². The highest BCUT2D eigenvalue weighted by Crippen LogP contribution is 2.26. The summed E-state index contributed by atoms with van der Waals surface area (Å²) >= 11 is 0. The average molecular weight is 388 g/mol. The van der Waals surface area contributed by atoms with Crippen molar-refractivity contribution < 1.29 is 19.5 Å². The summed E-state index contributed by atoms with van der Waals surface area (Å²) in [6, 6.07) is 6.83. The van der Waals surface area contributed by atoms with Gasteiger partial charge in [-0.3, -0.25) is 14.4 Å². The van der Waals surface area contributed by atoms with Crippen molar-refractivity contribution >= 4 is 29.7 Å². The lowest BCUT2D eigenvalue weighted by Gasteiger charge is -2.32. The lowest BCUT2D eigenvalue weighted by atomic mass is 9.92. The zero-order valence-corrected chi connectivity index (χ0v) is 16.3. The minimum absolute atomic E-state index is 0.0631. The van der Waals surface area contributed by atoms with Crippen LogP contribution in [-0.2, 0) is 14.4 Å². The van der Waals surface area contributed by atoms with Gasteiger partial charge in [-0.1, -0.05) is 19.1 Å². The first kappa shape index (κ1) is 21.4. The predicted molar refractivity (Wildman–Crippen MR) is 107 cm³/mol. The van der Waals surface area contributed by atoms with Crippen molar-refractivity contribution in [3.63, 3.8) is 0 Å². The molecule has 2 amide bonds. The van der Waals surface area contributed by atoms with E-state index in [1.165, 1.54) is 6.21 Å². The van der Waals surface area contributed by atoms with Gasteiger partial charge in [0.25, 0.3) is 0 Å². The second kappa shape index (κ2) is 9.87. The Morgan fingerprint density at radius 2 is 2.07 bits per heavy atom. The molecule has 1 fully saturated rings. The van der Waals surface area contributed by atoms with Crippen LogP contribution in [-0.4, -0.2) is 41.7 Å². The molecule has 0 spiro atoms. The molecule has 1 aromatic carbocycles. The van der Waals surface area contributed by atoms with E-state index in [1.54, 1.807) is 18.7 Å². The van der Waals surface area contributed by atoms with Gasteiger partial charge in [0.15, 0.2) is 0 Å². The molecule has 0 radical (unpaired) electrons. The summed E-state index contributed by atoms with van der Waals surface area (Å²) in [5.74, 6) is 2.79. The number of anilines is 1. The molecular formula is C20H28N4O4. The minimum Gasteiger partial charge on any atom is -0.481 e. The van der Waals surface area contributed by atoms with Crippen LogP contribution >= 0.6 is 0 Å². The molecule has 1 heterocycles. The minimum atomic E-state index is -0.932. The summed E-state index contributed by atoms with van der Waals surface area (Å²) < 4.78 is 0. The van der Waals surface area contributed by atoms with Crippen molar-refractivity contribution in [1.29, 1.82) is 0 Å². The topological polar surface area (TPSA) is 125 Å². The standard InChI is InChI=1S/C20H28N4O4/c1-3-17(20(27)28)13(2)23-18(25)11-15-5-4-10-24(19(15)26)16-8-6-14(7-9-16)12-22-21/h6-9,12-13,15,17H,3-5,10-11,21H2,1-2H3,(H,23,25)(H,27,28)/t13-,15?,17?/m0/s1. The number of hydrogen-bond acceptors (Lipinski definition) is 5. The van der Waals surface area contributed by atoms with Crippen molar-refractivity contribution in [2.45, 2.75) is 45.6 Å². The summed E-state index contributed by atoms with van der Waals surface area (Å²) in [6.45, 7) is 4.06. The van der Waals surface area contributed by atoms with Crippen LogP contribution in [0.4, 0.5) is 5.69 Å². The molecule has 3 atom stereocenters. The van der Waals surface area contributed by atoms with Gasteiger partial charge < -0.3 is 21.2 Å². The third-order valence-electron chi connectivity index (χ3n) is 5.16. The lowest BCUT2D eigenvalue weighted by molar-refractivity contribution is -0.143. The predicted octanol–water partition coefficient (Wildman–Crippen LogP) is 1.73. The van der Waals surface area contributed by atoms with Crippen molar-refractivity contribution in [3.05, 3.63) is 29.8 Å². The molecule has 8 heteroatoms. The van der Waals surface area contributed by atoms with Gasteiger partial charge in [0.1, 0.15) is 0 Å². The van der Waals surface area contributed by atoms with Gasteiger partial charge in [-0.05, 0) is 43.9 Å². The second-order valence-corrected chi connectivity index (χ2v) is 7.11. The Hall–Kier alpha value is -2.90. The molecule has 0 aromatic heterocycles. The number of nitrogens with zero attached hydrogens (tertiary/aromatic N) is 2. The molecule has 0 saturated carbocycles. The number of hydrogen-bond donors (Lipinski definition) is 3. The molecule has 2 unspecified atom stereocenters. The van der Waals surface area contributed by atoms with E-state index in [-0.39, 0.29) is 18.2 Å². The Bertz CT molecular complexity index is 732.